The zero-order valence-electron chi connectivity index (χ0n) is 16.7. The van der Waals surface area contributed by atoms with Gasteiger partial charge < -0.3 is 10.2 Å². The molecule has 0 bridgehead atoms. The molecule has 0 aromatic carbocycles. The van der Waals surface area contributed by atoms with E-state index in [4.69, 9.17) is 5.11 Å². The third-order valence-electron chi connectivity index (χ3n) is 5.39. The Morgan fingerprint density at radius 3 is 2.63 bits per heavy atom. The number of hydrogen-bond acceptors (Lipinski definition) is 3. The summed E-state index contributed by atoms with van der Waals surface area (Å²) in [5.74, 6) is -0.486. The number of carbonyl (C=O) groups excluding carboxylic acids is 1. The first-order chi connectivity index (χ1) is 12.9. The molecule has 27 heavy (non-hydrogen) atoms. The number of unbranched alkanes of at least 4 members (excludes halogenated alkanes) is 5. The molecule has 0 heterocycles. The van der Waals surface area contributed by atoms with Gasteiger partial charge in [0.25, 0.3) is 0 Å². The number of hydrogen-bond donors (Lipinski definition) is 2. The minimum Gasteiger partial charge on any atom is -0.481 e. The van der Waals surface area contributed by atoms with Crippen LogP contribution >= 0.6 is 0 Å². The van der Waals surface area contributed by atoms with E-state index in [2.05, 4.69) is 13.5 Å². The zero-order chi connectivity index (χ0) is 20.1. The van der Waals surface area contributed by atoms with E-state index in [-0.39, 0.29) is 24.0 Å². The van der Waals surface area contributed by atoms with Gasteiger partial charge in [-0.25, -0.2) is 0 Å². The van der Waals surface area contributed by atoms with Crippen LogP contribution in [0.4, 0.5) is 0 Å². The first-order valence-electron chi connectivity index (χ1n) is 10.4. The van der Waals surface area contributed by atoms with E-state index in [1.54, 1.807) is 12.2 Å². The third kappa shape index (κ3) is 9.18. The van der Waals surface area contributed by atoms with Gasteiger partial charge in [0.1, 0.15) is 0 Å². The lowest BCUT2D eigenvalue weighted by Crippen LogP contribution is -2.24. The van der Waals surface area contributed by atoms with Gasteiger partial charge in [0.05, 0.1) is 5.60 Å². The van der Waals surface area contributed by atoms with Crippen molar-refractivity contribution < 1.29 is 19.8 Å². The number of allylic oxidation sites excluding steroid dienone is 3. The summed E-state index contributed by atoms with van der Waals surface area (Å²) in [6, 6.07) is 0. The van der Waals surface area contributed by atoms with Crippen LogP contribution in [0.25, 0.3) is 0 Å². The van der Waals surface area contributed by atoms with Crippen LogP contribution in [0.3, 0.4) is 0 Å². The van der Waals surface area contributed by atoms with Crippen LogP contribution in [0.2, 0.25) is 0 Å². The number of carbonyl (C=O) groups is 2. The maximum absolute atomic E-state index is 12.1. The average Bonchev–Trinajstić information content (AvgIpc) is 2.98. The molecular formula is C23H36O4. The van der Waals surface area contributed by atoms with Gasteiger partial charge in [-0.05, 0) is 31.8 Å². The standard InChI is InChI=1S/C23H36O4/c1-3-5-10-17-23(27,4-2)18-11-12-19-15-16-21(24)20(19)13-8-6-7-9-14-22(25)26/h4,11-12,15-16,19-20,27H,2-3,5-10,13-14,17-18H2,1H3,(H,25,26)/t19-,20+,23?/m0/s1. The van der Waals surface area contributed by atoms with Gasteiger partial charge in [-0.2, -0.15) is 0 Å². The quantitative estimate of drug-likeness (QED) is 0.303. The van der Waals surface area contributed by atoms with Crippen molar-refractivity contribution in [2.24, 2.45) is 11.8 Å². The van der Waals surface area contributed by atoms with Gasteiger partial charge in [-0.1, -0.05) is 69.8 Å². The van der Waals surface area contributed by atoms with Crippen molar-refractivity contribution in [3.8, 4) is 0 Å². The second-order valence-electron chi connectivity index (χ2n) is 7.69. The van der Waals surface area contributed by atoms with Crippen LogP contribution in [0, 0.1) is 11.8 Å². The predicted molar refractivity (Wildman–Crippen MR) is 110 cm³/mol. The van der Waals surface area contributed by atoms with Crippen molar-refractivity contribution in [3.63, 3.8) is 0 Å². The molecule has 0 amide bonds. The maximum Gasteiger partial charge on any atom is 0.303 e. The van der Waals surface area contributed by atoms with Crippen LogP contribution < -0.4 is 0 Å². The maximum atomic E-state index is 12.1. The van der Waals surface area contributed by atoms with Gasteiger partial charge in [0.2, 0.25) is 0 Å². The second-order valence-corrected chi connectivity index (χ2v) is 7.69. The molecule has 1 rings (SSSR count). The summed E-state index contributed by atoms with van der Waals surface area (Å²) in [6.45, 7) is 5.92. The Bertz CT molecular complexity index is 534. The minimum atomic E-state index is -0.863. The summed E-state index contributed by atoms with van der Waals surface area (Å²) >= 11 is 0. The Hall–Kier alpha value is -1.68. The smallest absolute Gasteiger partial charge is 0.303 e. The minimum absolute atomic E-state index is 0.0161. The Kier molecular flexibility index (Phi) is 11.0. The molecule has 0 fully saturated rings. The molecule has 3 atom stereocenters. The van der Waals surface area contributed by atoms with E-state index in [1.165, 1.54) is 0 Å². The van der Waals surface area contributed by atoms with E-state index in [9.17, 15) is 14.7 Å². The number of aliphatic carboxylic acids is 1. The molecule has 0 aromatic rings. The molecule has 1 aliphatic carbocycles. The molecular weight excluding hydrogens is 340 g/mol. The highest BCUT2D eigenvalue weighted by Crippen LogP contribution is 2.30. The van der Waals surface area contributed by atoms with Crippen LogP contribution in [-0.4, -0.2) is 27.6 Å². The third-order valence-corrected chi connectivity index (χ3v) is 5.39. The fourth-order valence-corrected chi connectivity index (χ4v) is 3.58. The van der Waals surface area contributed by atoms with Gasteiger partial charge in [-0.15, -0.1) is 6.58 Å². The first-order valence-corrected chi connectivity index (χ1v) is 10.4. The van der Waals surface area contributed by atoms with Gasteiger partial charge >= 0.3 is 5.97 Å². The lowest BCUT2D eigenvalue weighted by Gasteiger charge is -2.23. The Labute approximate surface area is 164 Å². The SMILES string of the molecule is C=CC(O)(CC=C[C@H]1C=CC(=O)[C@@H]1CCCCCCC(=O)O)CCCCC. The summed E-state index contributed by atoms with van der Waals surface area (Å²) < 4.78 is 0. The van der Waals surface area contributed by atoms with Crippen molar-refractivity contribution >= 4 is 11.8 Å². The van der Waals surface area contributed by atoms with Crippen molar-refractivity contribution in [2.75, 3.05) is 0 Å². The normalized spacial score (nSPS) is 21.6. The summed E-state index contributed by atoms with van der Waals surface area (Å²) in [6.07, 6.45) is 18.3. The average molecular weight is 377 g/mol. The first kappa shape index (κ1) is 23.4. The molecule has 4 heteroatoms. The molecule has 0 aromatic heterocycles. The topological polar surface area (TPSA) is 74.6 Å². The van der Waals surface area contributed by atoms with E-state index in [0.29, 0.717) is 19.3 Å². The summed E-state index contributed by atoms with van der Waals surface area (Å²) in [5.41, 5.74) is -0.863. The Morgan fingerprint density at radius 1 is 1.22 bits per heavy atom. The van der Waals surface area contributed by atoms with Crippen molar-refractivity contribution in [2.45, 2.75) is 83.2 Å². The molecule has 1 aliphatic rings. The Balaban J connectivity index is 2.41. The van der Waals surface area contributed by atoms with Crippen LogP contribution in [-0.2, 0) is 9.59 Å². The largest absolute Gasteiger partial charge is 0.481 e. The van der Waals surface area contributed by atoms with Gasteiger partial charge in [0.15, 0.2) is 5.78 Å². The molecule has 0 saturated carbocycles. The van der Waals surface area contributed by atoms with Crippen molar-refractivity contribution in [3.05, 3.63) is 37.0 Å². The highest BCUT2D eigenvalue weighted by molar-refractivity contribution is 5.94. The van der Waals surface area contributed by atoms with E-state index >= 15 is 0 Å². The fourth-order valence-electron chi connectivity index (χ4n) is 3.58. The molecule has 2 N–H and O–H groups in total. The van der Waals surface area contributed by atoms with Crippen molar-refractivity contribution in [1.82, 2.24) is 0 Å². The number of carboxylic acids is 1. The van der Waals surface area contributed by atoms with Crippen LogP contribution in [0.15, 0.2) is 37.0 Å². The predicted octanol–water partition coefficient (Wildman–Crippen LogP) is 5.23. The second kappa shape index (κ2) is 12.7. The van der Waals surface area contributed by atoms with Crippen molar-refractivity contribution in [1.29, 1.82) is 0 Å². The summed E-state index contributed by atoms with van der Waals surface area (Å²) in [5, 5.41) is 19.3. The zero-order valence-corrected chi connectivity index (χ0v) is 16.7. The lowest BCUT2D eigenvalue weighted by atomic mass is 9.87. The number of carboxylic acid groups (broad SMARTS) is 1. The summed E-state index contributed by atoms with van der Waals surface area (Å²) in [7, 11) is 0. The highest BCUT2D eigenvalue weighted by Gasteiger charge is 2.28. The molecule has 1 unspecified atom stereocenters. The highest BCUT2D eigenvalue weighted by atomic mass is 16.4. The fraction of sp³-hybridized carbons (Fsp3) is 0.652. The number of rotatable bonds is 15. The monoisotopic (exact) mass is 376 g/mol. The van der Waals surface area contributed by atoms with Gasteiger partial charge in [0, 0.05) is 18.3 Å². The molecule has 0 radical (unpaired) electrons. The van der Waals surface area contributed by atoms with E-state index in [1.807, 2.05) is 18.2 Å². The number of aliphatic hydroxyl groups is 1. The van der Waals surface area contributed by atoms with E-state index < -0.39 is 11.6 Å². The molecule has 0 spiro atoms. The van der Waals surface area contributed by atoms with Crippen LogP contribution in [0.5, 0.6) is 0 Å². The molecule has 0 saturated heterocycles. The Morgan fingerprint density at radius 2 is 1.96 bits per heavy atom. The molecule has 152 valence electrons. The van der Waals surface area contributed by atoms with E-state index in [0.717, 1.165) is 44.9 Å². The lowest BCUT2D eigenvalue weighted by molar-refractivity contribution is -0.137. The number of ketones is 1. The summed E-state index contributed by atoms with van der Waals surface area (Å²) in [4.78, 5) is 22.6. The van der Waals surface area contributed by atoms with Gasteiger partial charge in [-0.3, -0.25) is 9.59 Å². The van der Waals surface area contributed by atoms with Crippen LogP contribution in [0.1, 0.15) is 77.6 Å². The molecule has 4 nitrogen and oxygen atoms in total. The molecule has 0 aliphatic heterocycles.